The maximum absolute atomic E-state index is 12.1. The van der Waals surface area contributed by atoms with Crippen LogP contribution in [0.2, 0.25) is 0 Å². The topological polar surface area (TPSA) is 168 Å². The number of carbonyl (C=O) groups excluding carboxylic acids is 1. The molecule has 1 aromatic carbocycles. The molecular formula is C24H28O11. The normalized spacial score (nSPS) is 43.9. The van der Waals surface area contributed by atoms with Gasteiger partial charge in [-0.05, 0) is 17.7 Å². The zero-order valence-electron chi connectivity index (χ0n) is 18.6. The Balaban J connectivity index is 1.22. The van der Waals surface area contributed by atoms with Crippen LogP contribution in [0.25, 0.3) is 6.08 Å². The number of rotatable bonds is 7. The van der Waals surface area contributed by atoms with Crippen molar-refractivity contribution in [1.82, 2.24) is 0 Å². The standard InChI is InChI=1S/C24H28O11/c25-11-24-16-13(17(27)21(24)35-24)8-9-31-22(16)34-23-20(30)19(29)18(28)14(33-23)10-32-15(26)7-6-12-4-2-1-3-5-12/h1-9,13-14,16-23,25,27-30H,10-11H2/b7-6+/t13-,14+,16-,17-,18+,19-,20+,21+,22-,23-,24-/m0/s1. The first-order valence-corrected chi connectivity index (χ1v) is 11.4. The highest BCUT2D eigenvalue weighted by molar-refractivity contribution is 5.87. The Kier molecular flexibility index (Phi) is 6.68. The molecule has 3 aliphatic heterocycles. The average Bonchev–Trinajstić information content (AvgIpc) is 3.57. The Hall–Kier alpha value is -2.35. The predicted molar refractivity (Wildman–Crippen MR) is 116 cm³/mol. The number of hydrogen-bond donors (Lipinski definition) is 5. The van der Waals surface area contributed by atoms with Gasteiger partial charge in [0.25, 0.3) is 0 Å². The van der Waals surface area contributed by atoms with Crippen molar-refractivity contribution in [2.45, 2.75) is 54.8 Å². The highest BCUT2D eigenvalue weighted by atomic mass is 16.8. The van der Waals surface area contributed by atoms with E-state index in [4.69, 9.17) is 23.7 Å². The van der Waals surface area contributed by atoms with Gasteiger partial charge in [0.2, 0.25) is 6.29 Å². The first-order chi connectivity index (χ1) is 16.9. The number of aliphatic hydroxyl groups excluding tert-OH is 5. The second-order valence-corrected chi connectivity index (χ2v) is 9.10. The van der Waals surface area contributed by atoms with Gasteiger partial charge >= 0.3 is 5.97 Å². The Morgan fingerprint density at radius 3 is 2.54 bits per heavy atom. The van der Waals surface area contributed by atoms with Crippen molar-refractivity contribution in [2.24, 2.45) is 11.8 Å². The Labute approximate surface area is 200 Å². The number of esters is 1. The number of epoxide rings is 1. The van der Waals surface area contributed by atoms with Gasteiger partial charge in [-0.2, -0.15) is 0 Å². The molecule has 1 saturated carbocycles. The second-order valence-electron chi connectivity index (χ2n) is 9.10. The van der Waals surface area contributed by atoms with Crippen molar-refractivity contribution >= 4 is 12.0 Å². The number of ether oxygens (including phenoxy) is 5. The molecule has 4 aliphatic rings. The highest BCUT2D eigenvalue weighted by Crippen LogP contribution is 2.59. The molecule has 2 saturated heterocycles. The molecule has 0 amide bonds. The molecule has 1 aromatic rings. The molecule has 3 heterocycles. The Morgan fingerprint density at radius 2 is 1.80 bits per heavy atom. The summed E-state index contributed by atoms with van der Waals surface area (Å²) in [5, 5.41) is 51.5. The van der Waals surface area contributed by atoms with Gasteiger partial charge in [-0.3, -0.25) is 0 Å². The van der Waals surface area contributed by atoms with Gasteiger partial charge in [-0.15, -0.1) is 0 Å². The van der Waals surface area contributed by atoms with Gasteiger partial charge in [0.15, 0.2) is 6.29 Å². The summed E-state index contributed by atoms with van der Waals surface area (Å²) in [5.74, 6) is -1.70. The summed E-state index contributed by atoms with van der Waals surface area (Å²) in [5.41, 5.74) is -0.248. The molecule has 5 rings (SSSR count). The molecular weight excluding hydrogens is 464 g/mol. The lowest BCUT2D eigenvalue weighted by Gasteiger charge is -2.43. The van der Waals surface area contributed by atoms with Crippen LogP contribution in [0.5, 0.6) is 0 Å². The lowest BCUT2D eigenvalue weighted by Crippen LogP contribution is -2.60. The maximum atomic E-state index is 12.1. The Bertz CT molecular complexity index is 967. The summed E-state index contributed by atoms with van der Waals surface area (Å²) in [6.07, 6.45) is -4.23. The zero-order valence-corrected chi connectivity index (χ0v) is 18.6. The minimum absolute atomic E-state index is 0.364. The number of aliphatic hydroxyl groups is 5. The molecule has 11 nitrogen and oxygen atoms in total. The van der Waals surface area contributed by atoms with Gasteiger partial charge in [0.1, 0.15) is 42.7 Å². The summed E-state index contributed by atoms with van der Waals surface area (Å²) in [7, 11) is 0. The van der Waals surface area contributed by atoms with Crippen LogP contribution in [0.4, 0.5) is 0 Å². The van der Waals surface area contributed by atoms with Crippen molar-refractivity contribution in [3.8, 4) is 0 Å². The van der Waals surface area contributed by atoms with Gasteiger partial charge in [-0.25, -0.2) is 4.79 Å². The van der Waals surface area contributed by atoms with Crippen molar-refractivity contribution in [3.05, 3.63) is 54.3 Å². The molecule has 3 fully saturated rings. The molecule has 11 atom stereocenters. The van der Waals surface area contributed by atoms with Crippen LogP contribution >= 0.6 is 0 Å². The van der Waals surface area contributed by atoms with Gasteiger partial charge < -0.3 is 49.2 Å². The molecule has 0 bridgehead atoms. The fourth-order valence-corrected chi connectivity index (χ4v) is 5.10. The van der Waals surface area contributed by atoms with E-state index in [1.807, 2.05) is 30.3 Å². The average molecular weight is 492 g/mol. The third-order valence-corrected chi connectivity index (χ3v) is 7.05. The van der Waals surface area contributed by atoms with E-state index in [0.29, 0.717) is 0 Å². The van der Waals surface area contributed by atoms with E-state index in [9.17, 15) is 30.3 Å². The van der Waals surface area contributed by atoms with Crippen LogP contribution in [0.15, 0.2) is 48.7 Å². The first kappa shape index (κ1) is 24.3. The van der Waals surface area contributed by atoms with Crippen LogP contribution in [-0.4, -0.2) is 99.5 Å². The van der Waals surface area contributed by atoms with Crippen molar-refractivity contribution in [1.29, 1.82) is 0 Å². The van der Waals surface area contributed by atoms with Crippen LogP contribution in [0.1, 0.15) is 5.56 Å². The highest BCUT2D eigenvalue weighted by Gasteiger charge is 2.75. The monoisotopic (exact) mass is 492 g/mol. The number of benzene rings is 1. The largest absolute Gasteiger partial charge is 0.472 e. The summed E-state index contributed by atoms with van der Waals surface area (Å²) >= 11 is 0. The van der Waals surface area contributed by atoms with Crippen LogP contribution in [0, 0.1) is 11.8 Å². The molecule has 0 spiro atoms. The van der Waals surface area contributed by atoms with Crippen molar-refractivity contribution in [2.75, 3.05) is 13.2 Å². The molecule has 0 unspecified atom stereocenters. The number of carbonyl (C=O) groups is 1. The quantitative estimate of drug-likeness (QED) is 0.174. The number of fused-ring (bicyclic) bond motifs is 3. The third kappa shape index (κ3) is 4.39. The van der Waals surface area contributed by atoms with Crippen molar-refractivity contribution < 1.29 is 54.0 Å². The lowest BCUT2D eigenvalue weighted by molar-refractivity contribution is -0.344. The zero-order chi connectivity index (χ0) is 24.7. The van der Waals surface area contributed by atoms with Gasteiger partial charge in [-0.1, -0.05) is 30.3 Å². The summed E-state index contributed by atoms with van der Waals surface area (Å²) in [4.78, 5) is 12.1. The van der Waals surface area contributed by atoms with Crippen molar-refractivity contribution in [3.63, 3.8) is 0 Å². The summed E-state index contributed by atoms with van der Waals surface area (Å²) < 4.78 is 27.7. The smallest absolute Gasteiger partial charge is 0.330 e. The van der Waals surface area contributed by atoms with E-state index in [1.54, 1.807) is 12.2 Å². The first-order valence-electron chi connectivity index (χ1n) is 11.4. The van der Waals surface area contributed by atoms with E-state index in [0.717, 1.165) is 5.56 Å². The van der Waals surface area contributed by atoms with Crippen LogP contribution in [-0.2, 0) is 28.5 Å². The van der Waals surface area contributed by atoms with E-state index in [1.165, 1.54) is 12.3 Å². The third-order valence-electron chi connectivity index (χ3n) is 7.05. The molecule has 1 aliphatic carbocycles. The molecule has 190 valence electrons. The molecule has 35 heavy (non-hydrogen) atoms. The summed E-state index contributed by atoms with van der Waals surface area (Å²) in [6.45, 7) is -0.776. The van der Waals surface area contributed by atoms with E-state index in [2.05, 4.69) is 0 Å². The van der Waals surface area contributed by atoms with Crippen LogP contribution in [0.3, 0.4) is 0 Å². The Morgan fingerprint density at radius 1 is 1.03 bits per heavy atom. The number of hydrogen-bond acceptors (Lipinski definition) is 11. The molecule has 0 radical (unpaired) electrons. The second kappa shape index (κ2) is 9.60. The molecule has 0 aromatic heterocycles. The molecule has 11 heteroatoms. The molecule has 5 N–H and O–H groups in total. The van der Waals surface area contributed by atoms with E-state index < -0.39 is 79.2 Å². The van der Waals surface area contributed by atoms with Crippen LogP contribution < -0.4 is 0 Å². The van der Waals surface area contributed by atoms with Gasteiger partial charge in [0, 0.05) is 12.0 Å². The summed E-state index contributed by atoms with van der Waals surface area (Å²) in [6, 6.07) is 9.11. The van der Waals surface area contributed by atoms with E-state index >= 15 is 0 Å². The predicted octanol–water partition coefficient (Wildman–Crippen LogP) is -1.33. The fraction of sp³-hybridized carbons (Fsp3) is 0.542. The minimum atomic E-state index is -1.65. The van der Waals surface area contributed by atoms with Gasteiger partial charge in [0.05, 0.1) is 24.9 Å². The lowest BCUT2D eigenvalue weighted by atomic mass is 9.85. The minimum Gasteiger partial charge on any atom is -0.472 e. The SMILES string of the molecule is O=C(/C=C/c1ccccc1)OC[C@H]1O[C@@H](O[C@@H]2OC=C[C@@H]3[C@H](O)[C@H]4O[C@@]4(CO)[C@H]23)[C@H](O)[C@@H](O)[C@@H]1O. The van der Waals surface area contributed by atoms with E-state index in [-0.39, 0.29) is 6.61 Å². The fourth-order valence-electron chi connectivity index (χ4n) is 5.10. The maximum Gasteiger partial charge on any atom is 0.330 e.